The highest BCUT2D eigenvalue weighted by atomic mass is 16.5. The second kappa shape index (κ2) is 7.77. The normalized spacial score (nSPS) is 21.0. The summed E-state index contributed by atoms with van der Waals surface area (Å²) in [5.41, 5.74) is 3.67. The van der Waals surface area contributed by atoms with E-state index in [0.29, 0.717) is 35.9 Å². The third kappa shape index (κ3) is 3.31. The number of carbonyl (C=O) groups excluding carboxylic acids is 1. The van der Waals surface area contributed by atoms with Gasteiger partial charge in [0.15, 0.2) is 11.5 Å². The van der Waals surface area contributed by atoms with E-state index in [9.17, 15) is 4.79 Å². The summed E-state index contributed by atoms with van der Waals surface area (Å²) in [4.78, 5) is 36.7. The van der Waals surface area contributed by atoms with Crippen LogP contribution in [0.25, 0.3) is 21.9 Å². The number of aromatic amines is 1. The predicted octanol–water partition coefficient (Wildman–Crippen LogP) is 3.39. The molecule has 2 fully saturated rings. The van der Waals surface area contributed by atoms with Crippen LogP contribution in [0.4, 0.5) is 5.82 Å². The Morgan fingerprint density at radius 2 is 2.03 bits per heavy atom. The van der Waals surface area contributed by atoms with Crippen molar-refractivity contribution in [1.29, 1.82) is 0 Å². The number of ether oxygens (including phenoxy) is 1. The maximum Gasteiger partial charge on any atom is 0.273 e. The number of H-pyrrole nitrogens is 1. The summed E-state index contributed by atoms with van der Waals surface area (Å²) in [5, 5.41) is 5.32. The van der Waals surface area contributed by atoms with Crippen molar-refractivity contribution < 1.29 is 9.53 Å². The molecule has 2 saturated heterocycles. The maximum absolute atomic E-state index is 13.9. The number of nitrogens with zero attached hydrogens (tertiary/aromatic N) is 5. The van der Waals surface area contributed by atoms with Crippen molar-refractivity contribution in [3.63, 3.8) is 0 Å². The quantitative estimate of drug-likeness (QED) is 0.498. The minimum absolute atomic E-state index is 0.00382. The molecule has 33 heavy (non-hydrogen) atoms. The summed E-state index contributed by atoms with van der Waals surface area (Å²) in [6, 6.07) is 8.21. The van der Waals surface area contributed by atoms with Gasteiger partial charge in [0, 0.05) is 5.39 Å². The number of imidazole rings is 1. The van der Waals surface area contributed by atoms with Crippen molar-refractivity contribution in [2.75, 3.05) is 18.5 Å². The van der Waals surface area contributed by atoms with E-state index in [-0.39, 0.29) is 24.0 Å². The zero-order chi connectivity index (χ0) is 22.5. The number of aryl methyl sites for hydroxylation is 1. The van der Waals surface area contributed by atoms with E-state index in [1.54, 1.807) is 6.33 Å². The average Bonchev–Trinajstić information content (AvgIpc) is 3.40. The third-order valence-electron chi connectivity index (χ3n) is 6.78. The molecule has 9 nitrogen and oxygen atoms in total. The minimum Gasteiger partial charge on any atom is -0.377 e. The molecule has 3 aromatic heterocycles. The largest absolute Gasteiger partial charge is 0.377 e. The molecule has 0 saturated carbocycles. The Morgan fingerprint density at radius 1 is 1.21 bits per heavy atom. The summed E-state index contributed by atoms with van der Waals surface area (Å²) in [5.74, 6) is 0.620. The van der Waals surface area contributed by atoms with E-state index in [0.717, 1.165) is 34.9 Å². The van der Waals surface area contributed by atoms with Gasteiger partial charge in [0.25, 0.3) is 5.91 Å². The Balaban J connectivity index is 1.42. The van der Waals surface area contributed by atoms with Crippen LogP contribution in [0.5, 0.6) is 0 Å². The number of hydrogen-bond acceptors (Lipinski definition) is 7. The van der Waals surface area contributed by atoms with Crippen molar-refractivity contribution in [2.24, 2.45) is 0 Å². The van der Waals surface area contributed by atoms with Gasteiger partial charge in [-0.15, -0.1) is 0 Å². The average molecular weight is 444 g/mol. The van der Waals surface area contributed by atoms with Crippen molar-refractivity contribution in [3.05, 3.63) is 53.9 Å². The molecule has 1 amide bonds. The number of anilines is 1. The van der Waals surface area contributed by atoms with Crippen molar-refractivity contribution in [1.82, 2.24) is 29.8 Å². The van der Waals surface area contributed by atoms with Crippen LogP contribution in [-0.4, -0.2) is 61.0 Å². The number of pyridine rings is 1. The summed E-state index contributed by atoms with van der Waals surface area (Å²) < 4.78 is 5.70. The molecule has 5 heterocycles. The number of rotatable bonds is 4. The van der Waals surface area contributed by atoms with E-state index in [2.05, 4.69) is 25.3 Å². The highest BCUT2D eigenvalue weighted by molar-refractivity contribution is 6.07. The van der Waals surface area contributed by atoms with Gasteiger partial charge in [-0.2, -0.15) is 0 Å². The number of amides is 1. The lowest BCUT2D eigenvalue weighted by Crippen LogP contribution is -2.49. The monoisotopic (exact) mass is 443 g/mol. The number of fused-ring (bicyclic) bond motifs is 4. The van der Waals surface area contributed by atoms with Gasteiger partial charge in [-0.1, -0.05) is 18.2 Å². The van der Waals surface area contributed by atoms with Gasteiger partial charge in [0.1, 0.15) is 17.5 Å². The van der Waals surface area contributed by atoms with E-state index < -0.39 is 0 Å². The first-order valence-electron chi connectivity index (χ1n) is 11.3. The third-order valence-corrected chi connectivity index (χ3v) is 6.78. The first kappa shape index (κ1) is 20.0. The van der Waals surface area contributed by atoms with Gasteiger partial charge in [0.2, 0.25) is 0 Å². The fourth-order valence-corrected chi connectivity index (χ4v) is 5.12. The number of hydrogen-bond donors (Lipinski definition) is 2. The van der Waals surface area contributed by atoms with Crippen LogP contribution in [0.15, 0.2) is 36.9 Å². The highest BCUT2D eigenvalue weighted by Crippen LogP contribution is 2.33. The molecule has 3 atom stereocenters. The summed E-state index contributed by atoms with van der Waals surface area (Å²) in [7, 11) is 0. The number of nitrogens with one attached hydrogen (secondary N) is 2. The molecule has 0 spiro atoms. The van der Waals surface area contributed by atoms with Crippen LogP contribution in [0, 0.1) is 6.92 Å². The minimum atomic E-state index is -0.197. The van der Waals surface area contributed by atoms with Crippen LogP contribution in [-0.2, 0) is 4.74 Å². The zero-order valence-corrected chi connectivity index (χ0v) is 18.6. The second-order valence-electron chi connectivity index (χ2n) is 8.89. The van der Waals surface area contributed by atoms with Crippen LogP contribution < -0.4 is 5.32 Å². The maximum atomic E-state index is 13.9. The van der Waals surface area contributed by atoms with Crippen LogP contribution in [0.3, 0.4) is 0 Å². The molecular weight excluding hydrogens is 418 g/mol. The van der Waals surface area contributed by atoms with Crippen LogP contribution in [0.1, 0.15) is 47.6 Å². The van der Waals surface area contributed by atoms with Gasteiger partial charge in [0.05, 0.1) is 43.4 Å². The number of benzene rings is 1. The number of aromatic nitrogens is 5. The second-order valence-corrected chi connectivity index (χ2v) is 8.89. The van der Waals surface area contributed by atoms with Crippen molar-refractivity contribution in [2.45, 2.75) is 44.8 Å². The molecule has 2 N–H and O–H groups in total. The predicted molar refractivity (Wildman–Crippen MR) is 124 cm³/mol. The number of carbonyl (C=O) groups is 1. The first-order valence-corrected chi connectivity index (χ1v) is 11.3. The van der Waals surface area contributed by atoms with E-state index in [1.807, 2.05) is 43.0 Å². The summed E-state index contributed by atoms with van der Waals surface area (Å²) in [6.45, 7) is 5.25. The Kier molecular flexibility index (Phi) is 4.72. The van der Waals surface area contributed by atoms with Crippen molar-refractivity contribution in [3.8, 4) is 0 Å². The molecule has 168 valence electrons. The highest BCUT2D eigenvalue weighted by Gasteiger charge is 2.41. The van der Waals surface area contributed by atoms with Gasteiger partial charge in [-0.25, -0.2) is 19.9 Å². The SMILES string of the molecule is Cc1cccc2cc([C@H](C)Nc3ncnc4[nH]cnc34)nc(C(=O)N3C4CCC3COC4)c12. The summed E-state index contributed by atoms with van der Waals surface area (Å²) >= 11 is 0. The zero-order valence-electron chi connectivity index (χ0n) is 18.6. The van der Waals surface area contributed by atoms with E-state index in [1.165, 1.54) is 6.33 Å². The number of morpholine rings is 1. The topological polar surface area (TPSA) is 109 Å². The van der Waals surface area contributed by atoms with Gasteiger partial charge in [-0.05, 0) is 43.7 Å². The lowest BCUT2D eigenvalue weighted by atomic mass is 10.0. The molecule has 2 aliphatic rings. The molecule has 2 bridgehead atoms. The van der Waals surface area contributed by atoms with Crippen molar-refractivity contribution >= 4 is 33.7 Å². The van der Waals surface area contributed by atoms with Gasteiger partial charge >= 0.3 is 0 Å². The van der Waals surface area contributed by atoms with Gasteiger partial charge < -0.3 is 19.9 Å². The van der Waals surface area contributed by atoms with Crippen LogP contribution in [0.2, 0.25) is 0 Å². The molecule has 9 heteroatoms. The molecule has 6 rings (SSSR count). The van der Waals surface area contributed by atoms with Gasteiger partial charge in [-0.3, -0.25) is 4.79 Å². The Bertz CT molecular complexity index is 1350. The summed E-state index contributed by atoms with van der Waals surface area (Å²) in [6.07, 6.45) is 5.06. The Labute approximate surface area is 190 Å². The molecule has 2 aliphatic heterocycles. The molecule has 0 radical (unpaired) electrons. The molecule has 1 aromatic carbocycles. The van der Waals surface area contributed by atoms with Crippen LogP contribution >= 0.6 is 0 Å². The molecular formula is C24H25N7O2. The standard InChI is InChI=1S/C24H25N7O2/c1-13-4-3-5-15-8-18(14(2)29-23-21-22(26-11-25-21)27-12-28-23)30-20(19(13)15)24(32)31-16-6-7-17(31)10-33-9-16/h3-5,8,11-12,14,16-17H,6-7,9-10H2,1-2H3,(H2,25,26,27,28,29)/t14-,16?,17?/m0/s1. The van der Waals surface area contributed by atoms with E-state index >= 15 is 0 Å². The fraction of sp³-hybridized carbons (Fsp3) is 0.375. The Morgan fingerprint density at radius 3 is 2.85 bits per heavy atom. The smallest absolute Gasteiger partial charge is 0.273 e. The Hall–Kier alpha value is -3.59. The molecule has 4 aromatic rings. The lowest BCUT2D eigenvalue weighted by molar-refractivity contribution is -0.00736. The van der Waals surface area contributed by atoms with E-state index in [4.69, 9.17) is 9.72 Å². The fourth-order valence-electron chi connectivity index (χ4n) is 5.12. The first-order chi connectivity index (χ1) is 16.1. The lowest BCUT2D eigenvalue weighted by Gasteiger charge is -2.34. The molecule has 0 aliphatic carbocycles. The molecule has 2 unspecified atom stereocenters.